The van der Waals surface area contributed by atoms with Gasteiger partial charge in [-0.2, -0.15) is 0 Å². The van der Waals surface area contributed by atoms with Crippen LogP contribution in [0.5, 0.6) is 0 Å². The summed E-state index contributed by atoms with van der Waals surface area (Å²) in [6, 6.07) is 11.4. The van der Waals surface area contributed by atoms with Crippen LogP contribution in [-0.4, -0.2) is 48.8 Å². The summed E-state index contributed by atoms with van der Waals surface area (Å²) in [5.41, 5.74) is 1.44. The van der Waals surface area contributed by atoms with Gasteiger partial charge in [-0.05, 0) is 50.9 Å². The molecule has 2 rings (SSSR count). The molecule has 1 fully saturated rings. The third-order valence-corrected chi connectivity index (χ3v) is 3.92. The van der Waals surface area contributed by atoms with Gasteiger partial charge >= 0.3 is 0 Å². The topological polar surface area (TPSA) is 35.5 Å². The Morgan fingerprint density at radius 3 is 2.58 bits per heavy atom. The van der Waals surface area contributed by atoms with Crippen molar-refractivity contribution in [3.8, 4) is 0 Å². The zero-order valence-electron chi connectivity index (χ0n) is 11.7. The van der Waals surface area contributed by atoms with Crippen molar-refractivity contribution in [2.75, 3.05) is 32.8 Å². The van der Waals surface area contributed by atoms with E-state index in [2.05, 4.69) is 40.5 Å². The van der Waals surface area contributed by atoms with Crippen molar-refractivity contribution in [1.29, 1.82) is 0 Å². The van der Waals surface area contributed by atoms with Crippen LogP contribution in [0.15, 0.2) is 30.3 Å². The maximum atomic E-state index is 8.77. The van der Waals surface area contributed by atoms with Gasteiger partial charge in [-0.25, -0.2) is 0 Å². The summed E-state index contributed by atoms with van der Waals surface area (Å²) in [6.07, 6.45) is 4.50. The fourth-order valence-corrected chi connectivity index (χ4v) is 2.68. The van der Waals surface area contributed by atoms with Crippen LogP contribution in [0.4, 0.5) is 0 Å². The summed E-state index contributed by atoms with van der Waals surface area (Å²) in [7, 11) is 0. The fraction of sp³-hybridized carbons (Fsp3) is 0.625. The molecule has 0 atom stereocenters. The molecule has 0 aromatic heterocycles. The molecule has 1 saturated heterocycles. The largest absolute Gasteiger partial charge is 0.396 e. The lowest BCUT2D eigenvalue weighted by atomic mass is 10.0. The third kappa shape index (κ3) is 5.31. The highest BCUT2D eigenvalue weighted by Crippen LogP contribution is 2.11. The van der Waals surface area contributed by atoms with E-state index in [4.69, 9.17) is 5.11 Å². The number of likely N-dealkylation sites (tertiary alicyclic amines) is 1. The van der Waals surface area contributed by atoms with Crippen LogP contribution in [0.3, 0.4) is 0 Å². The van der Waals surface area contributed by atoms with Gasteiger partial charge in [0.05, 0.1) is 0 Å². The van der Waals surface area contributed by atoms with Crippen molar-refractivity contribution in [3.05, 3.63) is 35.9 Å². The monoisotopic (exact) mass is 262 g/mol. The van der Waals surface area contributed by atoms with Crippen LogP contribution in [0, 0.1) is 0 Å². The summed E-state index contributed by atoms with van der Waals surface area (Å²) < 4.78 is 0. The average molecular weight is 262 g/mol. The maximum absolute atomic E-state index is 8.77. The number of rotatable bonds is 7. The van der Waals surface area contributed by atoms with Gasteiger partial charge in [0.1, 0.15) is 0 Å². The van der Waals surface area contributed by atoms with E-state index in [1.54, 1.807) is 0 Å². The predicted octanol–water partition coefficient (Wildman–Crippen LogP) is 1.67. The molecule has 0 bridgehead atoms. The number of aliphatic hydroxyl groups is 1. The molecule has 1 aliphatic rings. The molecule has 19 heavy (non-hydrogen) atoms. The Morgan fingerprint density at radius 2 is 1.89 bits per heavy atom. The van der Waals surface area contributed by atoms with Crippen LogP contribution in [-0.2, 0) is 6.42 Å². The highest BCUT2D eigenvalue weighted by Gasteiger charge is 2.17. The number of hydrogen-bond donors (Lipinski definition) is 2. The van der Waals surface area contributed by atoms with Crippen LogP contribution in [0.1, 0.15) is 24.8 Å². The smallest absolute Gasteiger partial charge is 0.0443 e. The third-order valence-electron chi connectivity index (χ3n) is 3.92. The quantitative estimate of drug-likeness (QED) is 0.734. The molecule has 1 aromatic rings. The molecule has 0 saturated carbocycles. The van der Waals surface area contributed by atoms with Gasteiger partial charge in [-0.15, -0.1) is 0 Å². The molecule has 1 aromatic carbocycles. The second-order valence-corrected chi connectivity index (χ2v) is 5.38. The van der Waals surface area contributed by atoms with Crippen molar-refractivity contribution >= 4 is 0 Å². The lowest BCUT2D eigenvalue weighted by Crippen LogP contribution is -2.43. The van der Waals surface area contributed by atoms with Crippen LogP contribution in [0.2, 0.25) is 0 Å². The molecule has 0 aliphatic carbocycles. The molecular weight excluding hydrogens is 236 g/mol. The zero-order chi connectivity index (χ0) is 13.3. The van der Waals surface area contributed by atoms with Gasteiger partial charge in [0, 0.05) is 19.2 Å². The van der Waals surface area contributed by atoms with E-state index in [1.165, 1.54) is 38.0 Å². The lowest BCUT2D eigenvalue weighted by Gasteiger charge is -2.32. The van der Waals surface area contributed by atoms with Crippen molar-refractivity contribution < 1.29 is 5.11 Å². The molecule has 0 radical (unpaired) electrons. The van der Waals surface area contributed by atoms with Gasteiger partial charge in [0.15, 0.2) is 0 Å². The number of aliphatic hydroxyl groups excluding tert-OH is 1. The number of piperidine rings is 1. The number of hydrogen-bond acceptors (Lipinski definition) is 3. The van der Waals surface area contributed by atoms with E-state index in [0.29, 0.717) is 12.6 Å². The van der Waals surface area contributed by atoms with Crippen LogP contribution >= 0.6 is 0 Å². The standard InChI is InChI=1S/C16H26N2O/c19-14-4-10-17-16-8-12-18(13-9-16)11-7-15-5-2-1-3-6-15/h1-3,5-6,16-17,19H,4,7-14H2. The summed E-state index contributed by atoms with van der Waals surface area (Å²) in [5.74, 6) is 0. The first-order valence-corrected chi connectivity index (χ1v) is 7.49. The van der Waals surface area contributed by atoms with E-state index in [1.807, 2.05) is 0 Å². The molecule has 3 heteroatoms. The average Bonchev–Trinajstić information content (AvgIpc) is 2.48. The van der Waals surface area contributed by atoms with Gasteiger partial charge in [-0.1, -0.05) is 30.3 Å². The van der Waals surface area contributed by atoms with Gasteiger partial charge in [-0.3, -0.25) is 0 Å². The molecule has 0 spiro atoms. The second kappa shape index (κ2) is 8.31. The SMILES string of the molecule is OCCCNC1CCN(CCc2ccccc2)CC1. The molecule has 106 valence electrons. The van der Waals surface area contributed by atoms with E-state index >= 15 is 0 Å². The van der Waals surface area contributed by atoms with Gasteiger partial charge in [0.25, 0.3) is 0 Å². The molecule has 0 unspecified atom stereocenters. The van der Waals surface area contributed by atoms with E-state index in [0.717, 1.165) is 19.4 Å². The Morgan fingerprint density at radius 1 is 1.16 bits per heavy atom. The number of benzene rings is 1. The molecule has 1 heterocycles. The maximum Gasteiger partial charge on any atom is 0.0443 e. The van der Waals surface area contributed by atoms with Gasteiger partial charge in [0.2, 0.25) is 0 Å². The fourth-order valence-electron chi connectivity index (χ4n) is 2.68. The minimum absolute atomic E-state index is 0.295. The molecule has 0 amide bonds. The zero-order valence-corrected chi connectivity index (χ0v) is 11.7. The van der Waals surface area contributed by atoms with E-state index in [9.17, 15) is 0 Å². The first-order chi connectivity index (χ1) is 9.38. The predicted molar refractivity (Wildman–Crippen MR) is 79.3 cm³/mol. The summed E-state index contributed by atoms with van der Waals surface area (Å²) in [4.78, 5) is 2.57. The van der Waals surface area contributed by atoms with Crippen molar-refractivity contribution in [2.24, 2.45) is 0 Å². The van der Waals surface area contributed by atoms with Crippen molar-refractivity contribution in [2.45, 2.75) is 31.7 Å². The Kier molecular flexibility index (Phi) is 6.34. The molecular formula is C16H26N2O. The van der Waals surface area contributed by atoms with Crippen molar-refractivity contribution in [1.82, 2.24) is 10.2 Å². The minimum Gasteiger partial charge on any atom is -0.396 e. The van der Waals surface area contributed by atoms with E-state index < -0.39 is 0 Å². The highest BCUT2D eigenvalue weighted by molar-refractivity contribution is 5.14. The Hall–Kier alpha value is -0.900. The minimum atomic E-state index is 0.295. The summed E-state index contributed by atoms with van der Waals surface area (Å²) in [5, 5.41) is 12.3. The number of nitrogens with one attached hydrogen (secondary N) is 1. The van der Waals surface area contributed by atoms with Crippen LogP contribution < -0.4 is 5.32 Å². The van der Waals surface area contributed by atoms with Crippen molar-refractivity contribution in [3.63, 3.8) is 0 Å². The Balaban J connectivity index is 1.61. The van der Waals surface area contributed by atoms with Crippen LogP contribution in [0.25, 0.3) is 0 Å². The van der Waals surface area contributed by atoms with Gasteiger partial charge < -0.3 is 15.3 Å². The molecule has 1 aliphatic heterocycles. The number of nitrogens with zero attached hydrogens (tertiary/aromatic N) is 1. The Bertz CT molecular complexity index is 334. The Labute approximate surface area is 116 Å². The lowest BCUT2D eigenvalue weighted by molar-refractivity contribution is 0.197. The summed E-state index contributed by atoms with van der Waals surface area (Å²) in [6.45, 7) is 4.81. The first kappa shape index (κ1) is 14.5. The first-order valence-electron chi connectivity index (χ1n) is 7.49. The second-order valence-electron chi connectivity index (χ2n) is 5.38. The highest BCUT2D eigenvalue weighted by atomic mass is 16.3. The molecule has 3 nitrogen and oxygen atoms in total. The summed E-state index contributed by atoms with van der Waals surface area (Å²) >= 11 is 0. The normalized spacial score (nSPS) is 17.7. The molecule has 2 N–H and O–H groups in total. The van der Waals surface area contributed by atoms with E-state index in [-0.39, 0.29) is 0 Å².